The van der Waals surface area contributed by atoms with Crippen molar-refractivity contribution in [3.63, 3.8) is 0 Å². The van der Waals surface area contributed by atoms with Gasteiger partial charge in [0.25, 0.3) is 0 Å². The summed E-state index contributed by atoms with van der Waals surface area (Å²) in [6.45, 7) is 1.09. The third kappa shape index (κ3) is 4.27. The molecular weight excluding hydrogens is 418 g/mol. The number of phenolic OH excluding ortho intramolecular Hbond substituents is 1. The van der Waals surface area contributed by atoms with Crippen molar-refractivity contribution in [1.82, 2.24) is 10.2 Å². The molecule has 4 rings (SSSR count). The number of hydrogen-bond donors (Lipinski definition) is 1. The van der Waals surface area contributed by atoms with Gasteiger partial charge < -0.3 is 19.5 Å². The zero-order valence-electron chi connectivity index (χ0n) is 17.0. The maximum Gasteiger partial charge on any atom is 0.350 e. The van der Waals surface area contributed by atoms with Gasteiger partial charge in [-0.15, -0.1) is 0 Å². The molecule has 0 atom stereocenters. The number of esters is 1. The largest absolute Gasteiger partial charge is 0.507 e. The molecule has 0 amide bonds. The fourth-order valence-electron chi connectivity index (χ4n) is 3.75. The summed E-state index contributed by atoms with van der Waals surface area (Å²) in [5.74, 6) is 0.177. The average molecular weight is 440 g/mol. The van der Waals surface area contributed by atoms with Crippen molar-refractivity contribution in [2.24, 2.45) is 0 Å². The molecule has 1 aliphatic heterocycles. The Morgan fingerprint density at radius 2 is 1.84 bits per heavy atom. The second-order valence-corrected chi connectivity index (χ2v) is 7.73. The molecule has 1 saturated heterocycles. The molecule has 1 aromatic heterocycles. The number of halogens is 1. The number of carbonyl (C=O) groups is 1. The highest BCUT2D eigenvalue weighted by Gasteiger charge is 2.45. The first-order chi connectivity index (χ1) is 15.0. The Balaban J connectivity index is 1.55. The van der Waals surface area contributed by atoms with Crippen molar-refractivity contribution in [2.45, 2.75) is 18.4 Å². The van der Waals surface area contributed by atoms with Gasteiger partial charge in [0, 0.05) is 31.5 Å². The summed E-state index contributed by atoms with van der Waals surface area (Å²) in [6, 6.07) is 16.0. The molecule has 31 heavy (non-hydrogen) atoms. The van der Waals surface area contributed by atoms with Crippen molar-refractivity contribution >= 4 is 23.3 Å². The highest BCUT2D eigenvalue weighted by molar-refractivity contribution is 6.32. The van der Waals surface area contributed by atoms with E-state index in [9.17, 15) is 9.90 Å². The Kier molecular flexibility index (Phi) is 5.95. The van der Waals surface area contributed by atoms with Crippen LogP contribution in [0.3, 0.4) is 0 Å². The highest BCUT2D eigenvalue weighted by atomic mass is 35.5. The lowest BCUT2D eigenvalue weighted by molar-refractivity contribution is -0.161. The Morgan fingerprint density at radius 3 is 2.55 bits per heavy atom. The van der Waals surface area contributed by atoms with Crippen LogP contribution in [-0.2, 0) is 9.53 Å². The molecule has 1 N–H and O–H groups in total. The number of piperidine rings is 1. The molecule has 8 heteroatoms. The maximum atomic E-state index is 12.7. The lowest BCUT2D eigenvalue weighted by atomic mass is 9.90. The second-order valence-electron chi connectivity index (χ2n) is 7.32. The number of phenols is 1. The Morgan fingerprint density at radius 1 is 1.13 bits per heavy atom. The van der Waals surface area contributed by atoms with Gasteiger partial charge in [-0.3, -0.25) is 0 Å². The Bertz CT molecular complexity index is 1080. The SMILES string of the molecule is COC(=O)C1(Oc2ccccc2Cl)CCN(c2cnnc(-c3ccccc3O)c2)CC1. The summed E-state index contributed by atoms with van der Waals surface area (Å²) >= 11 is 6.24. The molecule has 0 unspecified atom stereocenters. The smallest absolute Gasteiger partial charge is 0.350 e. The summed E-state index contributed by atoms with van der Waals surface area (Å²) in [7, 11) is 1.36. The van der Waals surface area contributed by atoms with Crippen molar-refractivity contribution in [3.05, 3.63) is 65.8 Å². The van der Waals surface area contributed by atoms with Crippen molar-refractivity contribution in [1.29, 1.82) is 0 Å². The topological polar surface area (TPSA) is 84.8 Å². The van der Waals surface area contributed by atoms with Crippen LogP contribution in [0, 0.1) is 0 Å². The molecule has 0 saturated carbocycles. The Labute approximate surface area is 185 Å². The fraction of sp³-hybridized carbons (Fsp3) is 0.261. The predicted molar refractivity (Wildman–Crippen MR) is 117 cm³/mol. The minimum Gasteiger partial charge on any atom is -0.507 e. The number of methoxy groups -OCH3 is 1. The van der Waals surface area contributed by atoms with E-state index in [1.807, 2.05) is 18.2 Å². The van der Waals surface area contributed by atoms with Crippen LogP contribution in [-0.4, -0.2) is 47.1 Å². The van der Waals surface area contributed by atoms with E-state index in [1.165, 1.54) is 7.11 Å². The van der Waals surface area contributed by atoms with E-state index >= 15 is 0 Å². The average Bonchev–Trinajstić information content (AvgIpc) is 2.81. The molecule has 0 radical (unpaired) electrons. The number of nitrogens with zero attached hydrogens (tertiary/aromatic N) is 3. The number of hydrogen-bond acceptors (Lipinski definition) is 7. The monoisotopic (exact) mass is 439 g/mol. The summed E-state index contributed by atoms with van der Waals surface area (Å²) < 4.78 is 11.2. The molecule has 2 heterocycles. The molecule has 1 aliphatic rings. The van der Waals surface area contributed by atoms with Crippen LogP contribution in [0.2, 0.25) is 5.02 Å². The van der Waals surface area contributed by atoms with Crippen molar-refractivity contribution in [3.8, 4) is 22.8 Å². The number of aromatic hydroxyl groups is 1. The number of carbonyl (C=O) groups excluding carboxylic acids is 1. The highest BCUT2D eigenvalue weighted by Crippen LogP contribution is 2.36. The first-order valence-electron chi connectivity index (χ1n) is 9.90. The van der Waals surface area contributed by atoms with Crippen LogP contribution in [0.15, 0.2) is 60.8 Å². The summed E-state index contributed by atoms with van der Waals surface area (Å²) in [5, 5.41) is 18.8. The van der Waals surface area contributed by atoms with Crippen LogP contribution < -0.4 is 9.64 Å². The van der Waals surface area contributed by atoms with Crippen LogP contribution >= 0.6 is 11.6 Å². The number of para-hydroxylation sites is 2. The van der Waals surface area contributed by atoms with E-state index in [0.717, 1.165) is 5.69 Å². The van der Waals surface area contributed by atoms with E-state index in [1.54, 1.807) is 42.6 Å². The first-order valence-corrected chi connectivity index (χ1v) is 10.3. The third-order valence-electron chi connectivity index (χ3n) is 5.46. The lowest BCUT2D eigenvalue weighted by Crippen LogP contribution is -2.54. The van der Waals surface area contributed by atoms with Gasteiger partial charge in [0.2, 0.25) is 5.60 Å². The molecule has 1 fully saturated rings. The molecule has 3 aromatic rings. The van der Waals surface area contributed by atoms with Crippen molar-refractivity contribution in [2.75, 3.05) is 25.1 Å². The van der Waals surface area contributed by atoms with Gasteiger partial charge in [0.05, 0.1) is 29.7 Å². The third-order valence-corrected chi connectivity index (χ3v) is 5.77. The number of anilines is 1. The molecule has 0 bridgehead atoms. The maximum absolute atomic E-state index is 12.7. The van der Waals surface area contributed by atoms with Gasteiger partial charge in [0.1, 0.15) is 11.5 Å². The van der Waals surface area contributed by atoms with Crippen LogP contribution in [0.1, 0.15) is 12.8 Å². The minimum absolute atomic E-state index is 0.144. The van der Waals surface area contributed by atoms with Gasteiger partial charge in [0.15, 0.2) is 0 Å². The van der Waals surface area contributed by atoms with Crippen LogP contribution in [0.4, 0.5) is 5.69 Å². The Hall–Kier alpha value is -3.32. The van der Waals surface area contributed by atoms with E-state index in [-0.39, 0.29) is 5.75 Å². The zero-order valence-corrected chi connectivity index (χ0v) is 17.7. The number of aromatic nitrogens is 2. The fourth-order valence-corrected chi connectivity index (χ4v) is 3.92. The van der Waals surface area contributed by atoms with Gasteiger partial charge in [-0.05, 0) is 30.3 Å². The summed E-state index contributed by atoms with van der Waals surface area (Å²) in [5.41, 5.74) is 0.925. The van der Waals surface area contributed by atoms with Gasteiger partial charge >= 0.3 is 5.97 Å². The molecule has 160 valence electrons. The minimum atomic E-state index is -1.11. The normalized spacial score (nSPS) is 15.4. The standard InChI is InChI=1S/C23H22ClN3O4/c1-30-22(29)23(31-21-9-5-3-7-18(21)24)10-12-27(13-11-23)16-14-19(26-25-15-16)17-6-2-4-8-20(17)28/h2-9,14-15,28H,10-13H2,1H3. The molecule has 0 aliphatic carbocycles. The quantitative estimate of drug-likeness (QED) is 0.599. The predicted octanol–water partition coefficient (Wildman–Crippen LogP) is 4.09. The molecule has 0 spiro atoms. The first kappa shape index (κ1) is 20.9. The van der Waals surface area contributed by atoms with Crippen LogP contribution in [0.25, 0.3) is 11.3 Å². The number of benzene rings is 2. The number of ether oxygens (including phenoxy) is 2. The zero-order chi connectivity index (χ0) is 21.8. The van der Waals surface area contributed by atoms with Crippen LogP contribution in [0.5, 0.6) is 11.5 Å². The number of rotatable bonds is 5. The van der Waals surface area contributed by atoms with E-state index < -0.39 is 11.6 Å². The molecule has 7 nitrogen and oxygen atoms in total. The van der Waals surface area contributed by atoms with E-state index in [0.29, 0.717) is 48.0 Å². The summed E-state index contributed by atoms with van der Waals surface area (Å²) in [6.07, 6.45) is 2.50. The second kappa shape index (κ2) is 8.81. The summed E-state index contributed by atoms with van der Waals surface area (Å²) in [4.78, 5) is 14.8. The van der Waals surface area contributed by atoms with Gasteiger partial charge in [-0.25, -0.2) is 4.79 Å². The van der Waals surface area contributed by atoms with Gasteiger partial charge in [-0.2, -0.15) is 10.2 Å². The van der Waals surface area contributed by atoms with E-state index in [2.05, 4.69) is 15.1 Å². The lowest BCUT2D eigenvalue weighted by Gasteiger charge is -2.40. The van der Waals surface area contributed by atoms with Gasteiger partial charge in [-0.1, -0.05) is 35.9 Å². The molecular formula is C23H22ClN3O4. The van der Waals surface area contributed by atoms with E-state index in [4.69, 9.17) is 21.1 Å². The van der Waals surface area contributed by atoms with Crippen molar-refractivity contribution < 1.29 is 19.4 Å². The molecule has 2 aromatic carbocycles.